The molecule has 17 heavy (non-hydrogen) atoms. The molecule has 5 heteroatoms. The maximum Gasteiger partial charge on any atom is 0.163 e. The molecular weight excluding hydrogens is 214 g/mol. The first-order chi connectivity index (χ1) is 8.20. The third-order valence-electron chi connectivity index (χ3n) is 2.41. The van der Waals surface area contributed by atoms with Gasteiger partial charge in [-0.2, -0.15) is 0 Å². The van der Waals surface area contributed by atoms with Crippen LogP contribution in [0.15, 0.2) is 30.6 Å². The third kappa shape index (κ3) is 2.57. The van der Waals surface area contributed by atoms with Gasteiger partial charge in [-0.1, -0.05) is 13.8 Å². The monoisotopic (exact) mass is 229 g/mol. The second-order valence-corrected chi connectivity index (χ2v) is 4.04. The quantitative estimate of drug-likeness (QED) is 0.621. The fraction of sp³-hybridized carbons (Fsp3) is 0.250. The summed E-state index contributed by atoms with van der Waals surface area (Å²) in [5.74, 6) is 6.98. The Bertz CT molecular complexity index is 496. The van der Waals surface area contributed by atoms with E-state index in [1.807, 2.05) is 18.2 Å². The van der Waals surface area contributed by atoms with Gasteiger partial charge in [-0.25, -0.2) is 15.8 Å². The minimum Gasteiger partial charge on any atom is -0.308 e. The smallest absolute Gasteiger partial charge is 0.163 e. The lowest BCUT2D eigenvalue weighted by Crippen LogP contribution is -2.11. The van der Waals surface area contributed by atoms with Gasteiger partial charge in [-0.05, 0) is 18.1 Å². The fourth-order valence-corrected chi connectivity index (χ4v) is 1.46. The molecule has 2 heterocycles. The van der Waals surface area contributed by atoms with Crippen molar-refractivity contribution in [2.45, 2.75) is 19.8 Å². The van der Waals surface area contributed by atoms with Crippen LogP contribution in [-0.2, 0) is 0 Å². The Hall–Kier alpha value is -2.01. The van der Waals surface area contributed by atoms with Gasteiger partial charge in [0.15, 0.2) is 5.82 Å². The topological polar surface area (TPSA) is 76.7 Å². The summed E-state index contributed by atoms with van der Waals surface area (Å²) < 4.78 is 0. The third-order valence-corrected chi connectivity index (χ3v) is 2.41. The van der Waals surface area contributed by atoms with Gasteiger partial charge in [0, 0.05) is 29.7 Å². The molecule has 0 atom stereocenters. The molecule has 0 unspecified atom stereocenters. The van der Waals surface area contributed by atoms with Crippen molar-refractivity contribution in [2.24, 2.45) is 5.84 Å². The summed E-state index contributed by atoms with van der Waals surface area (Å²) in [5, 5.41) is 0. The van der Waals surface area contributed by atoms with Crippen molar-refractivity contribution in [2.75, 3.05) is 5.43 Å². The number of nitrogens with zero attached hydrogens (tertiary/aromatic N) is 3. The minimum absolute atomic E-state index is 0.320. The van der Waals surface area contributed by atoms with E-state index >= 15 is 0 Å². The van der Waals surface area contributed by atoms with Crippen LogP contribution in [0.4, 0.5) is 5.82 Å². The van der Waals surface area contributed by atoms with Gasteiger partial charge < -0.3 is 5.43 Å². The summed E-state index contributed by atoms with van der Waals surface area (Å²) in [6, 6.07) is 5.63. The molecule has 3 N–H and O–H groups in total. The molecule has 0 saturated heterocycles. The lowest BCUT2D eigenvalue weighted by atomic mass is 10.1. The number of hydrazine groups is 1. The van der Waals surface area contributed by atoms with Crippen LogP contribution in [0.5, 0.6) is 0 Å². The number of anilines is 1. The fourth-order valence-electron chi connectivity index (χ4n) is 1.46. The minimum atomic E-state index is 0.320. The molecule has 0 aliphatic heterocycles. The Labute approximate surface area is 100 Å². The van der Waals surface area contributed by atoms with E-state index in [0.29, 0.717) is 17.6 Å². The van der Waals surface area contributed by atoms with Gasteiger partial charge in [0.1, 0.15) is 5.82 Å². The largest absolute Gasteiger partial charge is 0.308 e. The van der Waals surface area contributed by atoms with E-state index in [1.165, 1.54) is 0 Å². The highest BCUT2D eigenvalue weighted by Gasteiger charge is 2.08. The van der Waals surface area contributed by atoms with Gasteiger partial charge in [0.05, 0.1) is 0 Å². The Morgan fingerprint density at radius 3 is 2.71 bits per heavy atom. The van der Waals surface area contributed by atoms with Gasteiger partial charge in [-0.3, -0.25) is 4.98 Å². The van der Waals surface area contributed by atoms with Crippen LogP contribution < -0.4 is 11.3 Å². The number of pyridine rings is 1. The number of nitrogen functional groups attached to an aromatic ring is 1. The van der Waals surface area contributed by atoms with Crippen molar-refractivity contribution in [3.8, 4) is 11.4 Å². The normalized spacial score (nSPS) is 10.6. The summed E-state index contributed by atoms with van der Waals surface area (Å²) in [5.41, 5.74) is 4.39. The average Bonchev–Trinajstić information content (AvgIpc) is 2.39. The Morgan fingerprint density at radius 1 is 1.29 bits per heavy atom. The molecule has 0 saturated carbocycles. The van der Waals surface area contributed by atoms with Crippen molar-refractivity contribution in [1.29, 1.82) is 0 Å². The van der Waals surface area contributed by atoms with Gasteiger partial charge in [0.25, 0.3) is 0 Å². The number of aromatic nitrogens is 3. The highest BCUT2D eigenvalue weighted by molar-refractivity contribution is 5.56. The molecular formula is C12H15N5. The predicted octanol–water partition coefficient (Wildman–Crippen LogP) is 1.95. The molecule has 0 bridgehead atoms. The maximum atomic E-state index is 5.41. The van der Waals surface area contributed by atoms with Crippen LogP contribution in [0, 0.1) is 0 Å². The summed E-state index contributed by atoms with van der Waals surface area (Å²) >= 11 is 0. The number of hydrogen-bond donors (Lipinski definition) is 2. The molecule has 0 spiro atoms. The van der Waals surface area contributed by atoms with Crippen molar-refractivity contribution in [3.63, 3.8) is 0 Å². The van der Waals surface area contributed by atoms with E-state index in [0.717, 1.165) is 11.3 Å². The van der Waals surface area contributed by atoms with Crippen LogP contribution in [0.3, 0.4) is 0 Å². The molecule has 5 nitrogen and oxygen atoms in total. The molecule has 0 aliphatic rings. The number of nitrogens with two attached hydrogens (primary N) is 1. The number of nitrogens with one attached hydrogen (secondary N) is 1. The Balaban J connectivity index is 2.50. The molecule has 0 radical (unpaired) electrons. The van der Waals surface area contributed by atoms with Gasteiger partial charge >= 0.3 is 0 Å². The molecule has 0 fully saturated rings. The van der Waals surface area contributed by atoms with Gasteiger partial charge in [-0.15, -0.1) is 0 Å². The van der Waals surface area contributed by atoms with E-state index in [9.17, 15) is 0 Å². The molecule has 2 aromatic rings. The van der Waals surface area contributed by atoms with Crippen LogP contribution in [0.2, 0.25) is 0 Å². The lowest BCUT2D eigenvalue weighted by Gasteiger charge is -2.09. The van der Waals surface area contributed by atoms with Crippen LogP contribution in [0.1, 0.15) is 25.5 Å². The zero-order valence-electron chi connectivity index (χ0n) is 9.88. The first kappa shape index (κ1) is 11.5. The summed E-state index contributed by atoms with van der Waals surface area (Å²) in [7, 11) is 0. The summed E-state index contributed by atoms with van der Waals surface area (Å²) in [4.78, 5) is 12.9. The van der Waals surface area contributed by atoms with Crippen LogP contribution in [-0.4, -0.2) is 15.0 Å². The van der Waals surface area contributed by atoms with E-state index in [-0.39, 0.29) is 0 Å². The molecule has 0 amide bonds. The van der Waals surface area contributed by atoms with Gasteiger partial charge in [0.2, 0.25) is 0 Å². The molecule has 2 rings (SSSR count). The molecule has 2 aromatic heterocycles. The highest BCUT2D eigenvalue weighted by atomic mass is 15.3. The predicted molar refractivity (Wildman–Crippen MR) is 67.2 cm³/mol. The van der Waals surface area contributed by atoms with E-state index in [4.69, 9.17) is 5.84 Å². The first-order valence-corrected chi connectivity index (χ1v) is 5.46. The Morgan fingerprint density at radius 2 is 2.12 bits per heavy atom. The van der Waals surface area contributed by atoms with Crippen LogP contribution in [0.25, 0.3) is 11.4 Å². The number of rotatable bonds is 3. The van der Waals surface area contributed by atoms with Crippen molar-refractivity contribution < 1.29 is 0 Å². The zero-order valence-corrected chi connectivity index (χ0v) is 9.88. The average molecular weight is 229 g/mol. The second kappa shape index (κ2) is 4.88. The standard InChI is InChI=1S/C12H15N5/c1-8(2)10-6-11(17-13)16-12(15-10)9-4-3-5-14-7-9/h3-8H,13H2,1-2H3,(H,15,16,17). The van der Waals surface area contributed by atoms with E-state index in [2.05, 4.69) is 34.2 Å². The van der Waals surface area contributed by atoms with E-state index < -0.39 is 0 Å². The molecule has 88 valence electrons. The highest BCUT2D eigenvalue weighted by Crippen LogP contribution is 2.20. The molecule has 0 aliphatic carbocycles. The zero-order chi connectivity index (χ0) is 12.3. The van der Waals surface area contributed by atoms with Crippen molar-refractivity contribution in [3.05, 3.63) is 36.3 Å². The maximum absolute atomic E-state index is 5.41. The van der Waals surface area contributed by atoms with Crippen molar-refractivity contribution in [1.82, 2.24) is 15.0 Å². The lowest BCUT2D eigenvalue weighted by molar-refractivity contribution is 0.817. The molecule has 0 aromatic carbocycles. The van der Waals surface area contributed by atoms with E-state index in [1.54, 1.807) is 12.4 Å². The second-order valence-electron chi connectivity index (χ2n) is 4.04. The van der Waals surface area contributed by atoms with Crippen LogP contribution >= 0.6 is 0 Å². The summed E-state index contributed by atoms with van der Waals surface area (Å²) in [6.07, 6.45) is 3.46. The SMILES string of the molecule is CC(C)c1cc(NN)nc(-c2cccnc2)n1. The van der Waals surface area contributed by atoms with Crippen molar-refractivity contribution >= 4 is 5.82 Å². The Kier molecular flexibility index (Phi) is 3.30. The summed E-state index contributed by atoms with van der Waals surface area (Å²) in [6.45, 7) is 4.16. The number of hydrogen-bond acceptors (Lipinski definition) is 5. The first-order valence-electron chi connectivity index (χ1n) is 5.46.